The van der Waals surface area contributed by atoms with Gasteiger partial charge in [-0.2, -0.15) is 0 Å². The number of esters is 3. The van der Waals surface area contributed by atoms with Gasteiger partial charge in [0.25, 0.3) is 0 Å². The standard InChI is InChI=1S/C13H16O7/c1-6-5-10(18-7(2)14)12(19-8(3)15)13(11(6)17)20-9(4)16/h5,10,12-13H,1-4H3/t10-,12-,13-/m1/s1. The SMILES string of the molecule is CC(=O)O[C@H]1[C@H](OC(C)=O)C(=O)C(C)=C[C@H]1OC(C)=O. The van der Waals surface area contributed by atoms with Crippen molar-refractivity contribution in [2.45, 2.75) is 46.0 Å². The van der Waals surface area contributed by atoms with Gasteiger partial charge in [-0.15, -0.1) is 0 Å². The predicted molar refractivity (Wildman–Crippen MR) is 65.4 cm³/mol. The number of carbonyl (C=O) groups excluding carboxylic acids is 4. The Hall–Kier alpha value is -2.18. The molecular weight excluding hydrogens is 268 g/mol. The van der Waals surface area contributed by atoms with E-state index in [1.807, 2.05) is 0 Å². The lowest BCUT2D eigenvalue weighted by atomic mass is 9.91. The van der Waals surface area contributed by atoms with Gasteiger partial charge in [-0.1, -0.05) is 0 Å². The average molecular weight is 284 g/mol. The van der Waals surface area contributed by atoms with Crippen LogP contribution in [-0.2, 0) is 33.4 Å². The molecule has 7 heteroatoms. The molecule has 1 aliphatic carbocycles. The molecule has 0 radical (unpaired) electrons. The summed E-state index contributed by atoms with van der Waals surface area (Å²) in [5.41, 5.74) is 0.269. The highest BCUT2D eigenvalue weighted by Crippen LogP contribution is 2.24. The molecule has 20 heavy (non-hydrogen) atoms. The van der Waals surface area contributed by atoms with Gasteiger partial charge in [0.05, 0.1) is 0 Å². The maximum atomic E-state index is 12.0. The Labute approximate surface area is 115 Å². The molecule has 0 saturated carbocycles. The van der Waals surface area contributed by atoms with Crippen LogP contribution in [0.5, 0.6) is 0 Å². The van der Waals surface area contributed by atoms with Crippen LogP contribution < -0.4 is 0 Å². The van der Waals surface area contributed by atoms with Crippen molar-refractivity contribution in [3.63, 3.8) is 0 Å². The number of ether oxygens (including phenoxy) is 3. The fraction of sp³-hybridized carbons (Fsp3) is 0.538. The molecule has 0 aliphatic heterocycles. The van der Waals surface area contributed by atoms with Crippen LogP contribution in [0.25, 0.3) is 0 Å². The van der Waals surface area contributed by atoms with Crippen LogP contribution in [0.1, 0.15) is 27.7 Å². The maximum Gasteiger partial charge on any atom is 0.303 e. The van der Waals surface area contributed by atoms with E-state index in [0.29, 0.717) is 0 Å². The molecule has 110 valence electrons. The van der Waals surface area contributed by atoms with E-state index in [1.165, 1.54) is 19.9 Å². The highest BCUT2D eigenvalue weighted by atomic mass is 16.6. The summed E-state index contributed by atoms with van der Waals surface area (Å²) in [5, 5.41) is 0. The van der Waals surface area contributed by atoms with Gasteiger partial charge < -0.3 is 14.2 Å². The third-order valence-corrected chi connectivity index (χ3v) is 2.58. The number of ketones is 1. The van der Waals surface area contributed by atoms with Gasteiger partial charge in [0.2, 0.25) is 11.9 Å². The molecular formula is C13H16O7. The molecule has 0 heterocycles. The minimum atomic E-state index is -1.31. The Morgan fingerprint density at radius 3 is 1.90 bits per heavy atom. The Kier molecular flexibility index (Phi) is 5.01. The van der Waals surface area contributed by atoms with Gasteiger partial charge in [-0.3, -0.25) is 19.2 Å². The molecule has 7 nitrogen and oxygen atoms in total. The molecule has 3 atom stereocenters. The smallest absolute Gasteiger partial charge is 0.303 e. The molecule has 0 N–H and O–H groups in total. The van der Waals surface area contributed by atoms with Gasteiger partial charge in [0.1, 0.15) is 0 Å². The second kappa shape index (κ2) is 6.31. The molecule has 0 fully saturated rings. The fourth-order valence-electron chi connectivity index (χ4n) is 1.88. The van der Waals surface area contributed by atoms with Crippen LogP contribution in [0.3, 0.4) is 0 Å². The molecule has 1 rings (SSSR count). The quantitative estimate of drug-likeness (QED) is 0.543. The van der Waals surface area contributed by atoms with Crippen molar-refractivity contribution < 1.29 is 33.4 Å². The molecule has 0 aromatic heterocycles. The van der Waals surface area contributed by atoms with Crippen LogP contribution in [0.4, 0.5) is 0 Å². The van der Waals surface area contributed by atoms with Gasteiger partial charge >= 0.3 is 17.9 Å². The minimum Gasteiger partial charge on any atom is -0.454 e. The van der Waals surface area contributed by atoms with Crippen LogP contribution >= 0.6 is 0 Å². The first kappa shape index (κ1) is 15.9. The summed E-state index contributed by atoms with van der Waals surface area (Å²) in [6.45, 7) is 4.96. The molecule has 0 saturated heterocycles. The van der Waals surface area contributed by atoms with Crippen LogP contribution in [0, 0.1) is 0 Å². The van der Waals surface area contributed by atoms with E-state index in [2.05, 4.69) is 0 Å². The fourth-order valence-corrected chi connectivity index (χ4v) is 1.88. The van der Waals surface area contributed by atoms with Crippen molar-refractivity contribution in [1.82, 2.24) is 0 Å². The van der Waals surface area contributed by atoms with Crippen LogP contribution in [0.15, 0.2) is 11.6 Å². The summed E-state index contributed by atoms with van der Waals surface area (Å²) in [5.74, 6) is -2.47. The topological polar surface area (TPSA) is 96.0 Å². The highest BCUT2D eigenvalue weighted by molar-refractivity contribution is 6.01. The second-order valence-electron chi connectivity index (χ2n) is 4.39. The lowest BCUT2D eigenvalue weighted by molar-refractivity contribution is -0.182. The second-order valence-corrected chi connectivity index (χ2v) is 4.39. The van der Waals surface area contributed by atoms with Crippen molar-refractivity contribution in [1.29, 1.82) is 0 Å². The molecule has 0 amide bonds. The third kappa shape index (κ3) is 3.91. The first-order valence-corrected chi connectivity index (χ1v) is 5.96. The summed E-state index contributed by atoms with van der Waals surface area (Å²) in [7, 11) is 0. The Balaban J connectivity index is 3.13. The monoisotopic (exact) mass is 284 g/mol. The number of carbonyl (C=O) groups is 4. The van der Waals surface area contributed by atoms with E-state index in [1.54, 1.807) is 0 Å². The lowest BCUT2D eigenvalue weighted by Crippen LogP contribution is -2.51. The normalized spacial score (nSPS) is 25.5. The molecule has 0 aromatic rings. The van der Waals surface area contributed by atoms with Crippen molar-refractivity contribution in [2.75, 3.05) is 0 Å². The Bertz CT molecular complexity index is 477. The zero-order chi connectivity index (χ0) is 15.4. The zero-order valence-corrected chi connectivity index (χ0v) is 11.7. The van der Waals surface area contributed by atoms with Crippen molar-refractivity contribution in [3.8, 4) is 0 Å². The van der Waals surface area contributed by atoms with Crippen LogP contribution in [0.2, 0.25) is 0 Å². The van der Waals surface area contributed by atoms with E-state index < -0.39 is 42.0 Å². The number of rotatable bonds is 3. The van der Waals surface area contributed by atoms with E-state index in [-0.39, 0.29) is 5.57 Å². The van der Waals surface area contributed by atoms with Crippen molar-refractivity contribution in [2.24, 2.45) is 0 Å². The summed E-state index contributed by atoms with van der Waals surface area (Å²) in [6.07, 6.45) is -2.10. The summed E-state index contributed by atoms with van der Waals surface area (Å²) >= 11 is 0. The van der Waals surface area contributed by atoms with Crippen molar-refractivity contribution in [3.05, 3.63) is 11.6 Å². The van der Waals surface area contributed by atoms with Crippen LogP contribution in [-0.4, -0.2) is 42.0 Å². The van der Waals surface area contributed by atoms with E-state index in [4.69, 9.17) is 14.2 Å². The van der Waals surface area contributed by atoms with E-state index in [0.717, 1.165) is 13.8 Å². The Morgan fingerprint density at radius 1 is 0.950 bits per heavy atom. The van der Waals surface area contributed by atoms with E-state index in [9.17, 15) is 19.2 Å². The summed E-state index contributed by atoms with van der Waals surface area (Å²) < 4.78 is 14.9. The first-order valence-electron chi connectivity index (χ1n) is 5.96. The van der Waals surface area contributed by atoms with Gasteiger partial charge in [0, 0.05) is 20.8 Å². The largest absolute Gasteiger partial charge is 0.454 e. The predicted octanol–water partition coefficient (Wildman–Crippen LogP) is 0.310. The number of Topliss-reactive ketones (excluding diaryl/α,β-unsaturated/α-hetero) is 1. The molecule has 1 aliphatic rings. The maximum absolute atomic E-state index is 12.0. The summed E-state index contributed by atoms with van der Waals surface area (Å²) in [4.78, 5) is 45.3. The van der Waals surface area contributed by atoms with E-state index >= 15 is 0 Å². The summed E-state index contributed by atoms with van der Waals surface area (Å²) in [6, 6.07) is 0. The van der Waals surface area contributed by atoms with Gasteiger partial charge in [0.15, 0.2) is 12.2 Å². The third-order valence-electron chi connectivity index (χ3n) is 2.58. The first-order chi connectivity index (χ1) is 9.22. The molecule has 0 spiro atoms. The average Bonchev–Trinajstić information content (AvgIpc) is 2.28. The lowest BCUT2D eigenvalue weighted by Gasteiger charge is -2.33. The number of hydrogen-bond donors (Lipinski definition) is 0. The molecule has 0 unspecified atom stereocenters. The Morgan fingerprint density at radius 2 is 1.45 bits per heavy atom. The van der Waals surface area contributed by atoms with Crippen molar-refractivity contribution >= 4 is 23.7 Å². The number of hydrogen-bond acceptors (Lipinski definition) is 7. The van der Waals surface area contributed by atoms with Gasteiger partial charge in [-0.25, -0.2) is 0 Å². The molecule has 0 aromatic carbocycles. The molecule has 0 bridgehead atoms. The minimum absolute atomic E-state index is 0.269. The van der Waals surface area contributed by atoms with Gasteiger partial charge in [-0.05, 0) is 18.6 Å². The zero-order valence-electron chi connectivity index (χ0n) is 11.7. The highest BCUT2D eigenvalue weighted by Gasteiger charge is 2.44.